The summed E-state index contributed by atoms with van der Waals surface area (Å²) < 4.78 is 1.80. The molecule has 5 nitrogen and oxygen atoms in total. The molecular weight excluding hydrogens is 240 g/mol. The maximum absolute atomic E-state index is 11.0. The molecule has 0 aromatic carbocycles. The number of aromatic nitrogens is 4. The first kappa shape index (κ1) is 11.7. The first-order chi connectivity index (χ1) is 8.27. The molecule has 0 bridgehead atoms. The Labute approximate surface area is 103 Å². The normalized spacial score (nSPS) is 10.5. The number of halogens is 1. The van der Waals surface area contributed by atoms with Gasteiger partial charge in [-0.25, -0.2) is 9.97 Å². The summed E-state index contributed by atoms with van der Waals surface area (Å²) in [6.07, 6.45) is 4.63. The van der Waals surface area contributed by atoms with E-state index in [-0.39, 0.29) is 5.15 Å². The number of aldehydes is 1. The van der Waals surface area contributed by atoms with Gasteiger partial charge in [-0.2, -0.15) is 5.10 Å². The van der Waals surface area contributed by atoms with Gasteiger partial charge in [0.05, 0.1) is 11.3 Å². The molecule has 2 aromatic heterocycles. The minimum Gasteiger partial charge on any atom is -0.298 e. The summed E-state index contributed by atoms with van der Waals surface area (Å²) in [6.45, 7) is 2.82. The number of nitrogens with zero attached hydrogens (tertiary/aromatic N) is 4. The zero-order valence-corrected chi connectivity index (χ0v) is 10.1. The van der Waals surface area contributed by atoms with Gasteiger partial charge in [-0.3, -0.25) is 9.48 Å². The fraction of sp³-hybridized carbons (Fsp3) is 0.273. The van der Waals surface area contributed by atoms with Gasteiger partial charge in [0.15, 0.2) is 6.29 Å². The van der Waals surface area contributed by atoms with E-state index in [9.17, 15) is 4.79 Å². The van der Waals surface area contributed by atoms with Crippen molar-refractivity contribution in [3.8, 4) is 11.4 Å². The lowest BCUT2D eigenvalue weighted by atomic mass is 10.2. The van der Waals surface area contributed by atoms with Crippen molar-refractivity contribution in [1.82, 2.24) is 19.7 Å². The average Bonchev–Trinajstić information content (AvgIpc) is 2.77. The van der Waals surface area contributed by atoms with Gasteiger partial charge in [0.1, 0.15) is 17.2 Å². The minimum atomic E-state index is 0.161. The molecule has 0 atom stereocenters. The van der Waals surface area contributed by atoms with Gasteiger partial charge in [-0.15, -0.1) is 0 Å². The third kappa shape index (κ3) is 2.19. The maximum atomic E-state index is 11.0. The van der Waals surface area contributed by atoms with Gasteiger partial charge in [0, 0.05) is 12.7 Å². The second-order valence-electron chi connectivity index (χ2n) is 3.48. The zero-order valence-electron chi connectivity index (χ0n) is 9.30. The highest BCUT2D eigenvalue weighted by atomic mass is 35.5. The van der Waals surface area contributed by atoms with Crippen LogP contribution in [0, 0.1) is 0 Å². The van der Waals surface area contributed by atoms with E-state index in [1.54, 1.807) is 16.9 Å². The Morgan fingerprint density at radius 1 is 1.47 bits per heavy atom. The highest BCUT2D eigenvalue weighted by Crippen LogP contribution is 2.23. The van der Waals surface area contributed by atoms with E-state index in [1.807, 2.05) is 0 Å². The summed E-state index contributed by atoms with van der Waals surface area (Å²) in [7, 11) is 0. The van der Waals surface area contributed by atoms with Crippen molar-refractivity contribution < 1.29 is 4.79 Å². The molecule has 0 radical (unpaired) electrons. The summed E-state index contributed by atoms with van der Waals surface area (Å²) in [5, 5.41) is 4.35. The Bertz CT molecular complexity index is 538. The van der Waals surface area contributed by atoms with Gasteiger partial charge in [-0.1, -0.05) is 18.5 Å². The standard InChI is InChI=1S/C11H11ClN4O/c1-2-5-16-9(3-4-15-16)10-8(6-17)11(12)14-7-13-10/h3-4,6-7H,2,5H2,1H3. The molecule has 0 fully saturated rings. The summed E-state index contributed by atoms with van der Waals surface area (Å²) in [6, 6.07) is 1.81. The molecule has 0 spiro atoms. The van der Waals surface area contributed by atoms with Crippen LogP contribution >= 0.6 is 11.6 Å². The van der Waals surface area contributed by atoms with Gasteiger partial charge in [-0.05, 0) is 12.5 Å². The topological polar surface area (TPSA) is 60.7 Å². The third-order valence-electron chi connectivity index (χ3n) is 2.35. The van der Waals surface area contributed by atoms with Crippen molar-refractivity contribution in [3.05, 3.63) is 29.3 Å². The molecule has 0 saturated carbocycles. The van der Waals surface area contributed by atoms with Gasteiger partial charge in [0.2, 0.25) is 0 Å². The molecule has 88 valence electrons. The Hall–Kier alpha value is -1.75. The van der Waals surface area contributed by atoms with Crippen molar-refractivity contribution in [3.63, 3.8) is 0 Å². The number of hydrogen-bond donors (Lipinski definition) is 0. The summed E-state index contributed by atoms with van der Waals surface area (Å²) in [4.78, 5) is 18.9. The lowest BCUT2D eigenvalue weighted by Crippen LogP contribution is -2.04. The molecular formula is C11H11ClN4O. The number of hydrogen-bond acceptors (Lipinski definition) is 4. The monoisotopic (exact) mass is 250 g/mol. The molecule has 0 aliphatic rings. The van der Waals surface area contributed by atoms with Crippen molar-refractivity contribution in [2.75, 3.05) is 0 Å². The SMILES string of the molecule is CCCn1nccc1-c1ncnc(Cl)c1C=O. The number of aryl methyl sites for hydroxylation is 1. The number of carbonyl (C=O) groups excluding carboxylic acids is 1. The second-order valence-corrected chi connectivity index (χ2v) is 3.84. The second kappa shape index (κ2) is 5.05. The van der Waals surface area contributed by atoms with E-state index in [0.29, 0.717) is 17.5 Å². The molecule has 17 heavy (non-hydrogen) atoms. The lowest BCUT2D eigenvalue weighted by molar-refractivity contribution is 0.112. The largest absolute Gasteiger partial charge is 0.298 e. The van der Waals surface area contributed by atoms with Crippen LogP contribution < -0.4 is 0 Å². The van der Waals surface area contributed by atoms with E-state index >= 15 is 0 Å². The van der Waals surface area contributed by atoms with Crippen molar-refractivity contribution in [2.45, 2.75) is 19.9 Å². The predicted molar refractivity (Wildman–Crippen MR) is 63.9 cm³/mol. The van der Waals surface area contributed by atoms with Crippen LogP contribution in [0.5, 0.6) is 0 Å². The lowest BCUT2D eigenvalue weighted by Gasteiger charge is -2.07. The van der Waals surface area contributed by atoms with Gasteiger partial charge < -0.3 is 0 Å². The summed E-state index contributed by atoms with van der Waals surface area (Å²) >= 11 is 5.86. The van der Waals surface area contributed by atoms with Gasteiger partial charge in [0.25, 0.3) is 0 Å². The molecule has 0 N–H and O–H groups in total. The number of rotatable bonds is 4. The fourth-order valence-corrected chi connectivity index (χ4v) is 1.78. The molecule has 0 unspecified atom stereocenters. The van der Waals surface area contributed by atoms with Crippen molar-refractivity contribution >= 4 is 17.9 Å². The Morgan fingerprint density at radius 2 is 2.29 bits per heavy atom. The quantitative estimate of drug-likeness (QED) is 0.617. The predicted octanol–water partition coefficient (Wildman–Crippen LogP) is 2.22. The van der Waals surface area contributed by atoms with Gasteiger partial charge >= 0.3 is 0 Å². The average molecular weight is 251 g/mol. The van der Waals surface area contributed by atoms with E-state index < -0.39 is 0 Å². The van der Waals surface area contributed by atoms with Crippen molar-refractivity contribution in [2.24, 2.45) is 0 Å². The summed E-state index contributed by atoms with van der Waals surface area (Å²) in [5.41, 5.74) is 1.59. The minimum absolute atomic E-state index is 0.161. The fourth-order valence-electron chi connectivity index (χ4n) is 1.61. The Balaban J connectivity index is 2.56. The molecule has 0 amide bonds. The van der Waals surface area contributed by atoms with Crippen molar-refractivity contribution in [1.29, 1.82) is 0 Å². The van der Waals surface area contributed by atoms with Crippen LogP contribution in [0.4, 0.5) is 0 Å². The molecule has 2 rings (SSSR count). The highest BCUT2D eigenvalue weighted by molar-refractivity contribution is 6.32. The van der Waals surface area contributed by atoms with Crippen LogP contribution in [0.25, 0.3) is 11.4 Å². The number of carbonyl (C=O) groups is 1. The van der Waals surface area contributed by atoms with E-state index in [0.717, 1.165) is 18.7 Å². The molecule has 6 heteroatoms. The van der Waals surface area contributed by atoms with Crippen LogP contribution in [0.3, 0.4) is 0 Å². The first-order valence-electron chi connectivity index (χ1n) is 5.25. The van der Waals surface area contributed by atoms with Crippen LogP contribution in [0.15, 0.2) is 18.6 Å². The van der Waals surface area contributed by atoms with Crippen LogP contribution in [0.1, 0.15) is 23.7 Å². The Kier molecular flexibility index (Phi) is 3.49. The summed E-state index contributed by atoms with van der Waals surface area (Å²) in [5.74, 6) is 0. The Morgan fingerprint density at radius 3 is 3.00 bits per heavy atom. The van der Waals surface area contributed by atoms with Crippen LogP contribution in [-0.2, 0) is 6.54 Å². The molecule has 0 aliphatic heterocycles. The molecule has 2 aromatic rings. The molecule has 0 saturated heterocycles. The van der Waals surface area contributed by atoms with E-state index in [1.165, 1.54) is 6.33 Å². The first-order valence-corrected chi connectivity index (χ1v) is 5.63. The zero-order chi connectivity index (χ0) is 12.3. The molecule has 0 aliphatic carbocycles. The highest BCUT2D eigenvalue weighted by Gasteiger charge is 2.14. The van der Waals surface area contributed by atoms with E-state index in [4.69, 9.17) is 11.6 Å². The van der Waals surface area contributed by atoms with Crippen LogP contribution in [-0.4, -0.2) is 26.0 Å². The van der Waals surface area contributed by atoms with Crippen LogP contribution in [0.2, 0.25) is 5.15 Å². The van der Waals surface area contributed by atoms with E-state index in [2.05, 4.69) is 22.0 Å². The molecule has 2 heterocycles. The third-order valence-corrected chi connectivity index (χ3v) is 2.65. The smallest absolute Gasteiger partial charge is 0.155 e. The maximum Gasteiger partial charge on any atom is 0.155 e.